The highest BCUT2D eigenvalue weighted by Crippen LogP contribution is 2.26. The molecule has 7 heteroatoms. The summed E-state index contributed by atoms with van der Waals surface area (Å²) in [6.45, 7) is 6.39. The quantitative estimate of drug-likeness (QED) is 0.799. The molecule has 3 aromatic rings. The average Bonchev–Trinajstić information content (AvgIpc) is 3.00. The fourth-order valence-electron chi connectivity index (χ4n) is 3.19. The summed E-state index contributed by atoms with van der Waals surface area (Å²) < 4.78 is 13.4. The molecule has 0 spiro atoms. The molecule has 3 heterocycles. The van der Waals surface area contributed by atoms with E-state index in [-0.39, 0.29) is 5.82 Å². The maximum Gasteiger partial charge on any atom is 0.164 e. The number of rotatable bonds is 3. The smallest absolute Gasteiger partial charge is 0.164 e. The van der Waals surface area contributed by atoms with Crippen molar-refractivity contribution in [1.82, 2.24) is 25.1 Å². The molecule has 1 fully saturated rings. The molecule has 0 bridgehead atoms. The number of halogens is 1. The zero-order valence-corrected chi connectivity index (χ0v) is 13.5. The van der Waals surface area contributed by atoms with Crippen molar-refractivity contribution in [2.75, 3.05) is 31.1 Å². The molecule has 0 saturated carbocycles. The first kappa shape index (κ1) is 15.0. The van der Waals surface area contributed by atoms with Crippen molar-refractivity contribution in [3.63, 3.8) is 0 Å². The molecule has 1 N–H and O–H groups in total. The summed E-state index contributed by atoms with van der Waals surface area (Å²) >= 11 is 0. The summed E-state index contributed by atoms with van der Waals surface area (Å²) in [4.78, 5) is 13.3. The Morgan fingerprint density at radius 2 is 2.00 bits per heavy atom. The molecule has 124 valence electrons. The Balaban J connectivity index is 1.48. The molecular weight excluding hydrogens is 307 g/mol. The van der Waals surface area contributed by atoms with E-state index in [9.17, 15) is 4.39 Å². The van der Waals surface area contributed by atoms with Crippen LogP contribution in [0.3, 0.4) is 0 Å². The number of aryl methyl sites for hydroxylation is 1. The average molecular weight is 326 g/mol. The van der Waals surface area contributed by atoms with Crippen LogP contribution in [0.1, 0.15) is 11.6 Å². The maximum atomic E-state index is 13.4. The first-order valence-corrected chi connectivity index (χ1v) is 8.08. The Kier molecular flexibility index (Phi) is 3.86. The number of H-pyrrole nitrogens is 1. The van der Waals surface area contributed by atoms with E-state index in [1.165, 1.54) is 12.1 Å². The lowest BCUT2D eigenvalue weighted by molar-refractivity contribution is 0.244. The number of hydrogen-bond donors (Lipinski definition) is 1. The minimum absolute atomic E-state index is 0.251. The number of aromatic amines is 1. The van der Waals surface area contributed by atoms with E-state index in [0.717, 1.165) is 55.4 Å². The van der Waals surface area contributed by atoms with Crippen LogP contribution < -0.4 is 4.90 Å². The van der Waals surface area contributed by atoms with Gasteiger partial charge in [0.1, 0.15) is 11.6 Å². The predicted octanol–water partition coefficient (Wildman–Crippen LogP) is 2.12. The van der Waals surface area contributed by atoms with Crippen LogP contribution in [0.5, 0.6) is 0 Å². The van der Waals surface area contributed by atoms with Gasteiger partial charge in [-0.1, -0.05) is 0 Å². The van der Waals surface area contributed by atoms with E-state index in [1.54, 1.807) is 6.20 Å². The van der Waals surface area contributed by atoms with Gasteiger partial charge in [0.25, 0.3) is 0 Å². The largest absolute Gasteiger partial charge is 0.368 e. The highest BCUT2D eigenvalue weighted by Gasteiger charge is 2.20. The second kappa shape index (κ2) is 6.16. The van der Waals surface area contributed by atoms with Gasteiger partial charge in [0, 0.05) is 49.5 Å². The number of anilines is 1. The van der Waals surface area contributed by atoms with E-state index >= 15 is 0 Å². The van der Waals surface area contributed by atoms with Gasteiger partial charge < -0.3 is 4.90 Å². The highest BCUT2D eigenvalue weighted by atomic mass is 19.1. The number of piperazine rings is 1. The summed E-state index contributed by atoms with van der Waals surface area (Å²) in [5.74, 6) is 1.43. The van der Waals surface area contributed by atoms with Crippen LogP contribution in [0.4, 0.5) is 10.1 Å². The molecule has 0 aliphatic carbocycles. The van der Waals surface area contributed by atoms with Crippen LogP contribution in [-0.4, -0.2) is 51.2 Å². The van der Waals surface area contributed by atoms with Crippen molar-refractivity contribution in [2.45, 2.75) is 13.5 Å². The van der Waals surface area contributed by atoms with Gasteiger partial charge in [-0.15, -0.1) is 0 Å². The molecule has 24 heavy (non-hydrogen) atoms. The van der Waals surface area contributed by atoms with Gasteiger partial charge in [-0.05, 0) is 25.1 Å². The van der Waals surface area contributed by atoms with E-state index in [4.69, 9.17) is 0 Å². The Morgan fingerprint density at radius 1 is 1.17 bits per heavy atom. The van der Waals surface area contributed by atoms with Crippen LogP contribution in [0, 0.1) is 12.7 Å². The fraction of sp³-hybridized carbons (Fsp3) is 0.353. The fourth-order valence-corrected chi connectivity index (χ4v) is 3.19. The second-order valence-corrected chi connectivity index (χ2v) is 6.09. The van der Waals surface area contributed by atoms with Gasteiger partial charge >= 0.3 is 0 Å². The van der Waals surface area contributed by atoms with Crippen molar-refractivity contribution < 1.29 is 4.39 Å². The molecule has 0 amide bonds. The molecule has 4 rings (SSSR count). The topological polar surface area (TPSA) is 60.9 Å². The zero-order chi connectivity index (χ0) is 16.5. The Morgan fingerprint density at radius 3 is 2.75 bits per heavy atom. The number of nitrogens with zero attached hydrogens (tertiary/aromatic N) is 5. The lowest BCUT2D eigenvalue weighted by Gasteiger charge is -2.36. The van der Waals surface area contributed by atoms with Gasteiger partial charge in [-0.3, -0.25) is 15.0 Å². The Labute approximate surface area is 139 Å². The van der Waals surface area contributed by atoms with Crippen molar-refractivity contribution in [3.05, 3.63) is 47.9 Å². The number of benzene rings is 1. The lowest BCUT2D eigenvalue weighted by Crippen LogP contribution is -2.46. The third-order valence-electron chi connectivity index (χ3n) is 4.40. The molecule has 0 radical (unpaired) electrons. The molecule has 2 aromatic heterocycles. The second-order valence-electron chi connectivity index (χ2n) is 6.09. The Bertz CT molecular complexity index is 853. The van der Waals surface area contributed by atoms with Crippen molar-refractivity contribution >= 4 is 16.6 Å². The van der Waals surface area contributed by atoms with E-state index in [1.807, 2.05) is 19.1 Å². The SMILES string of the molecule is Cc1nc(CN2CCN(c3ccnc4cc(F)ccc34)CC2)n[nH]1. The van der Waals surface area contributed by atoms with E-state index < -0.39 is 0 Å². The number of fused-ring (bicyclic) bond motifs is 1. The molecule has 1 aliphatic heterocycles. The van der Waals surface area contributed by atoms with Gasteiger partial charge in [-0.2, -0.15) is 5.10 Å². The normalized spacial score (nSPS) is 16.0. The number of pyridine rings is 1. The molecule has 1 aliphatic rings. The molecule has 1 saturated heterocycles. The van der Waals surface area contributed by atoms with Crippen LogP contribution in [0.25, 0.3) is 10.9 Å². The molecule has 6 nitrogen and oxygen atoms in total. The van der Waals surface area contributed by atoms with E-state index in [0.29, 0.717) is 5.52 Å². The van der Waals surface area contributed by atoms with Crippen molar-refractivity contribution in [1.29, 1.82) is 0 Å². The minimum atomic E-state index is -0.251. The van der Waals surface area contributed by atoms with Crippen LogP contribution in [0.2, 0.25) is 0 Å². The third-order valence-corrected chi connectivity index (χ3v) is 4.40. The summed E-state index contributed by atoms with van der Waals surface area (Å²) in [6.07, 6.45) is 1.75. The zero-order valence-electron chi connectivity index (χ0n) is 13.5. The first-order chi connectivity index (χ1) is 11.7. The first-order valence-electron chi connectivity index (χ1n) is 8.08. The van der Waals surface area contributed by atoms with Gasteiger partial charge in [-0.25, -0.2) is 9.37 Å². The number of nitrogens with one attached hydrogen (secondary N) is 1. The van der Waals surface area contributed by atoms with Crippen LogP contribution >= 0.6 is 0 Å². The molecule has 1 aromatic carbocycles. The minimum Gasteiger partial charge on any atom is -0.368 e. The van der Waals surface area contributed by atoms with Crippen molar-refractivity contribution in [2.24, 2.45) is 0 Å². The maximum absolute atomic E-state index is 13.4. The molecule has 0 unspecified atom stereocenters. The van der Waals surface area contributed by atoms with Crippen LogP contribution in [-0.2, 0) is 6.54 Å². The number of hydrogen-bond acceptors (Lipinski definition) is 5. The summed E-state index contributed by atoms with van der Waals surface area (Å²) in [6, 6.07) is 6.81. The summed E-state index contributed by atoms with van der Waals surface area (Å²) in [5.41, 5.74) is 1.82. The van der Waals surface area contributed by atoms with Gasteiger partial charge in [0.05, 0.1) is 12.1 Å². The van der Waals surface area contributed by atoms with Gasteiger partial charge in [0.2, 0.25) is 0 Å². The lowest BCUT2D eigenvalue weighted by atomic mass is 10.1. The predicted molar refractivity (Wildman–Crippen MR) is 90.3 cm³/mol. The molecule has 0 atom stereocenters. The number of aromatic nitrogens is 4. The summed E-state index contributed by atoms with van der Waals surface area (Å²) in [5, 5.41) is 8.08. The van der Waals surface area contributed by atoms with Gasteiger partial charge in [0.15, 0.2) is 5.82 Å². The standard InChI is InChI=1S/C17H19FN6/c1-12-20-17(22-21-12)11-23-6-8-24(9-7-23)16-4-5-19-15-10-13(18)2-3-14(15)16/h2-5,10H,6-9,11H2,1H3,(H,20,21,22). The van der Waals surface area contributed by atoms with Crippen LogP contribution in [0.15, 0.2) is 30.5 Å². The van der Waals surface area contributed by atoms with Crippen molar-refractivity contribution in [3.8, 4) is 0 Å². The Hall–Kier alpha value is -2.54. The molecular formula is C17H19FN6. The third kappa shape index (κ3) is 2.94. The van der Waals surface area contributed by atoms with E-state index in [2.05, 4.69) is 30.0 Å². The highest BCUT2D eigenvalue weighted by molar-refractivity contribution is 5.91. The monoisotopic (exact) mass is 326 g/mol. The summed E-state index contributed by atoms with van der Waals surface area (Å²) in [7, 11) is 0.